The third-order valence-electron chi connectivity index (χ3n) is 3.71. The number of hydrogen-bond acceptors (Lipinski definition) is 4. The first-order valence-corrected chi connectivity index (χ1v) is 6.74. The van der Waals surface area contributed by atoms with E-state index < -0.39 is 6.10 Å². The number of pyridine rings is 1. The average molecular weight is 249 g/mol. The van der Waals surface area contributed by atoms with Crippen molar-refractivity contribution in [2.24, 2.45) is 0 Å². The molecule has 0 amide bonds. The monoisotopic (exact) mass is 249 g/mol. The molecular formula is C14H23N3O. The van der Waals surface area contributed by atoms with Crippen molar-refractivity contribution in [3.8, 4) is 0 Å². The number of likely N-dealkylation sites (N-methyl/N-ethyl adjacent to an activating group) is 1. The molecule has 1 aliphatic rings. The van der Waals surface area contributed by atoms with Crippen LogP contribution in [-0.2, 0) is 0 Å². The summed E-state index contributed by atoms with van der Waals surface area (Å²) >= 11 is 0. The van der Waals surface area contributed by atoms with Crippen LogP contribution in [0, 0.1) is 6.92 Å². The third kappa shape index (κ3) is 2.82. The summed E-state index contributed by atoms with van der Waals surface area (Å²) in [6.07, 6.45) is -0.441. The van der Waals surface area contributed by atoms with Gasteiger partial charge in [-0.3, -0.25) is 0 Å². The maximum Gasteiger partial charge on any atom is 0.128 e. The average Bonchev–Trinajstić information content (AvgIpc) is 2.38. The molecular weight excluding hydrogens is 226 g/mol. The van der Waals surface area contributed by atoms with Gasteiger partial charge in [-0.25, -0.2) is 4.98 Å². The van der Waals surface area contributed by atoms with Crippen LogP contribution in [0.1, 0.15) is 31.2 Å². The minimum Gasteiger partial charge on any atom is -0.389 e. The Bertz CT molecular complexity index is 398. The highest BCUT2D eigenvalue weighted by Crippen LogP contribution is 2.20. The minimum absolute atomic E-state index is 0.441. The standard InChI is InChI=1S/C14H23N3O/c1-4-16-7-9-17(10-8-16)14-6-5-13(12(3)18)11(2)15-14/h5-6,12,18H,4,7-10H2,1-3H3. The number of piperazine rings is 1. The highest BCUT2D eigenvalue weighted by atomic mass is 16.3. The lowest BCUT2D eigenvalue weighted by Gasteiger charge is -2.35. The van der Waals surface area contributed by atoms with Gasteiger partial charge < -0.3 is 14.9 Å². The Hall–Kier alpha value is -1.13. The van der Waals surface area contributed by atoms with E-state index in [9.17, 15) is 5.11 Å². The number of hydrogen-bond donors (Lipinski definition) is 1. The molecule has 1 aromatic rings. The van der Waals surface area contributed by atoms with Crippen molar-refractivity contribution in [2.75, 3.05) is 37.6 Å². The number of rotatable bonds is 3. The van der Waals surface area contributed by atoms with E-state index >= 15 is 0 Å². The summed E-state index contributed by atoms with van der Waals surface area (Å²) in [6.45, 7) is 11.4. The lowest BCUT2D eigenvalue weighted by molar-refractivity contribution is 0.198. The highest BCUT2D eigenvalue weighted by Gasteiger charge is 2.17. The summed E-state index contributed by atoms with van der Waals surface area (Å²) in [5, 5.41) is 9.61. The molecule has 100 valence electrons. The molecule has 0 spiro atoms. The lowest BCUT2D eigenvalue weighted by Crippen LogP contribution is -2.46. The van der Waals surface area contributed by atoms with Crippen LogP contribution in [0.3, 0.4) is 0 Å². The van der Waals surface area contributed by atoms with E-state index in [4.69, 9.17) is 0 Å². The molecule has 2 heterocycles. The first kappa shape index (κ1) is 13.3. The van der Waals surface area contributed by atoms with E-state index in [1.165, 1.54) is 0 Å². The molecule has 0 bridgehead atoms. The summed E-state index contributed by atoms with van der Waals surface area (Å²) in [4.78, 5) is 9.39. The van der Waals surface area contributed by atoms with Crippen molar-refractivity contribution >= 4 is 5.82 Å². The maximum absolute atomic E-state index is 9.61. The van der Waals surface area contributed by atoms with Crippen molar-refractivity contribution in [1.29, 1.82) is 0 Å². The third-order valence-corrected chi connectivity index (χ3v) is 3.71. The highest BCUT2D eigenvalue weighted by molar-refractivity contribution is 5.42. The van der Waals surface area contributed by atoms with E-state index in [0.717, 1.165) is 49.8 Å². The summed E-state index contributed by atoms with van der Waals surface area (Å²) in [6, 6.07) is 4.02. The summed E-state index contributed by atoms with van der Waals surface area (Å²) in [5.41, 5.74) is 1.85. The fraction of sp³-hybridized carbons (Fsp3) is 0.643. The summed E-state index contributed by atoms with van der Waals surface area (Å²) in [5.74, 6) is 1.03. The summed E-state index contributed by atoms with van der Waals surface area (Å²) < 4.78 is 0. The van der Waals surface area contributed by atoms with Gasteiger partial charge in [0.25, 0.3) is 0 Å². The van der Waals surface area contributed by atoms with Gasteiger partial charge in [-0.15, -0.1) is 0 Å². The van der Waals surface area contributed by atoms with Gasteiger partial charge in [-0.1, -0.05) is 13.0 Å². The zero-order chi connectivity index (χ0) is 13.1. The predicted octanol–water partition coefficient (Wildman–Crippen LogP) is 1.59. The van der Waals surface area contributed by atoms with Crippen molar-refractivity contribution in [1.82, 2.24) is 9.88 Å². The van der Waals surface area contributed by atoms with Crippen LogP contribution in [0.2, 0.25) is 0 Å². The molecule has 0 aromatic carbocycles. The van der Waals surface area contributed by atoms with Crippen LogP contribution in [-0.4, -0.2) is 47.7 Å². The number of aromatic nitrogens is 1. The van der Waals surface area contributed by atoms with Crippen molar-refractivity contribution in [3.05, 3.63) is 23.4 Å². The quantitative estimate of drug-likeness (QED) is 0.883. The van der Waals surface area contributed by atoms with Gasteiger partial charge in [0.2, 0.25) is 0 Å². The van der Waals surface area contributed by atoms with Gasteiger partial charge >= 0.3 is 0 Å². The Morgan fingerprint density at radius 3 is 2.44 bits per heavy atom. The van der Waals surface area contributed by atoms with Crippen LogP contribution in [0.5, 0.6) is 0 Å². The van der Waals surface area contributed by atoms with Crippen molar-refractivity contribution < 1.29 is 5.11 Å². The number of aliphatic hydroxyl groups excluding tert-OH is 1. The van der Waals surface area contributed by atoms with Gasteiger partial charge in [-0.2, -0.15) is 0 Å². The zero-order valence-electron chi connectivity index (χ0n) is 11.6. The van der Waals surface area contributed by atoms with Crippen molar-refractivity contribution in [2.45, 2.75) is 26.9 Å². The zero-order valence-corrected chi connectivity index (χ0v) is 11.6. The van der Waals surface area contributed by atoms with Crippen LogP contribution < -0.4 is 4.90 Å². The molecule has 1 atom stereocenters. The maximum atomic E-state index is 9.61. The fourth-order valence-electron chi connectivity index (χ4n) is 2.47. The molecule has 1 aromatic heterocycles. The van der Waals surface area contributed by atoms with E-state index in [1.54, 1.807) is 6.92 Å². The molecule has 0 saturated carbocycles. The minimum atomic E-state index is -0.441. The van der Waals surface area contributed by atoms with E-state index in [0.29, 0.717) is 0 Å². The lowest BCUT2D eigenvalue weighted by atomic mass is 10.1. The van der Waals surface area contributed by atoms with Gasteiger partial charge in [-0.05, 0) is 26.5 Å². The van der Waals surface area contributed by atoms with Gasteiger partial charge in [0, 0.05) is 37.4 Å². The second kappa shape index (κ2) is 5.67. The SMILES string of the molecule is CCN1CCN(c2ccc(C(C)O)c(C)n2)CC1. The molecule has 1 unspecified atom stereocenters. The van der Waals surface area contributed by atoms with Crippen LogP contribution in [0.4, 0.5) is 5.82 Å². The number of aliphatic hydroxyl groups is 1. The number of anilines is 1. The normalized spacial score (nSPS) is 19.0. The van der Waals surface area contributed by atoms with Gasteiger partial charge in [0.15, 0.2) is 0 Å². The second-order valence-electron chi connectivity index (χ2n) is 4.94. The Morgan fingerprint density at radius 1 is 1.28 bits per heavy atom. The van der Waals surface area contributed by atoms with Crippen molar-refractivity contribution in [3.63, 3.8) is 0 Å². The molecule has 18 heavy (non-hydrogen) atoms. The molecule has 1 aliphatic heterocycles. The smallest absolute Gasteiger partial charge is 0.128 e. The Balaban J connectivity index is 2.08. The molecule has 1 saturated heterocycles. The molecule has 4 nitrogen and oxygen atoms in total. The molecule has 2 rings (SSSR count). The second-order valence-corrected chi connectivity index (χ2v) is 4.94. The molecule has 4 heteroatoms. The first-order chi connectivity index (χ1) is 8.61. The molecule has 1 fully saturated rings. The molecule has 0 aliphatic carbocycles. The Labute approximate surface area is 109 Å². The van der Waals surface area contributed by atoms with E-state index in [2.05, 4.69) is 21.7 Å². The molecule has 1 N–H and O–H groups in total. The number of nitrogens with zero attached hydrogens (tertiary/aromatic N) is 3. The number of aryl methyl sites for hydroxylation is 1. The van der Waals surface area contributed by atoms with E-state index in [-0.39, 0.29) is 0 Å². The summed E-state index contributed by atoms with van der Waals surface area (Å²) in [7, 11) is 0. The predicted molar refractivity (Wildman–Crippen MR) is 73.9 cm³/mol. The Kier molecular flexibility index (Phi) is 4.19. The van der Waals surface area contributed by atoms with Crippen LogP contribution >= 0.6 is 0 Å². The van der Waals surface area contributed by atoms with Crippen LogP contribution in [0.15, 0.2) is 12.1 Å². The van der Waals surface area contributed by atoms with Crippen LogP contribution in [0.25, 0.3) is 0 Å². The van der Waals surface area contributed by atoms with Gasteiger partial charge in [0.05, 0.1) is 6.10 Å². The first-order valence-electron chi connectivity index (χ1n) is 6.74. The fourth-order valence-corrected chi connectivity index (χ4v) is 2.47. The van der Waals surface area contributed by atoms with Gasteiger partial charge in [0.1, 0.15) is 5.82 Å². The topological polar surface area (TPSA) is 39.6 Å². The largest absolute Gasteiger partial charge is 0.389 e. The molecule has 0 radical (unpaired) electrons. The Morgan fingerprint density at radius 2 is 1.94 bits per heavy atom. The van der Waals surface area contributed by atoms with E-state index in [1.807, 2.05) is 19.1 Å².